The number of benzene rings is 1. The highest BCUT2D eigenvalue weighted by Crippen LogP contribution is 2.29. The van der Waals surface area contributed by atoms with Crippen LogP contribution in [0.25, 0.3) is 0 Å². The summed E-state index contributed by atoms with van der Waals surface area (Å²) in [5.41, 5.74) is 1.25. The number of nitrogens with one attached hydrogen (secondary N) is 2. The number of piperazine rings is 1. The second-order valence-corrected chi connectivity index (χ2v) is 8.24. The van der Waals surface area contributed by atoms with E-state index in [4.69, 9.17) is 4.74 Å². The molecule has 154 valence electrons. The molecule has 0 radical (unpaired) electrons. The van der Waals surface area contributed by atoms with Crippen LogP contribution in [0, 0.1) is 5.92 Å². The zero-order valence-corrected chi connectivity index (χ0v) is 16.8. The average molecular weight is 387 g/mol. The minimum absolute atomic E-state index is 0.286. The Bertz CT molecular complexity index is 612. The molecular formula is C22H34N4O2. The molecule has 6 nitrogen and oxygen atoms in total. The number of hydrogen-bond acceptors (Lipinski definition) is 5. The Morgan fingerprint density at radius 1 is 1.14 bits per heavy atom. The molecule has 2 N–H and O–H groups in total. The molecule has 6 heteroatoms. The smallest absolute Gasteiger partial charge is 0.223 e. The normalized spacial score (nSPS) is 28.5. The first-order valence-electron chi connectivity index (χ1n) is 10.9. The van der Waals surface area contributed by atoms with Crippen molar-refractivity contribution >= 4 is 11.6 Å². The summed E-state index contributed by atoms with van der Waals surface area (Å²) in [4.78, 5) is 17.0. The van der Waals surface area contributed by atoms with Crippen molar-refractivity contribution in [3.63, 3.8) is 0 Å². The SMILES string of the molecule is O=C(CCNC1CCCC1C1COCCN1)N1CCN(c2ccccc2)CC1. The Morgan fingerprint density at radius 3 is 2.71 bits per heavy atom. The highest BCUT2D eigenvalue weighted by molar-refractivity contribution is 5.76. The quantitative estimate of drug-likeness (QED) is 0.776. The Balaban J connectivity index is 1.18. The van der Waals surface area contributed by atoms with E-state index in [9.17, 15) is 4.79 Å². The molecule has 2 aliphatic heterocycles. The summed E-state index contributed by atoms with van der Waals surface area (Å²) in [6, 6.07) is 11.5. The van der Waals surface area contributed by atoms with Crippen LogP contribution in [-0.4, -0.2) is 75.4 Å². The van der Waals surface area contributed by atoms with Gasteiger partial charge in [0.25, 0.3) is 0 Å². The van der Waals surface area contributed by atoms with Gasteiger partial charge in [-0.1, -0.05) is 24.6 Å². The standard InChI is InChI=1S/C22H34N4O2/c27-22(26-14-12-25(13-15-26)18-5-2-1-3-6-18)9-10-23-20-8-4-7-19(20)21-17-28-16-11-24-21/h1-3,5-6,19-21,23-24H,4,7-17H2. The van der Waals surface area contributed by atoms with Gasteiger partial charge in [0.15, 0.2) is 0 Å². The van der Waals surface area contributed by atoms with Gasteiger partial charge in [-0.25, -0.2) is 0 Å². The Labute approximate surface area is 168 Å². The Kier molecular flexibility index (Phi) is 6.83. The number of nitrogens with zero attached hydrogens (tertiary/aromatic N) is 2. The van der Waals surface area contributed by atoms with Crippen LogP contribution in [0.3, 0.4) is 0 Å². The van der Waals surface area contributed by atoms with Crippen molar-refractivity contribution in [2.45, 2.75) is 37.8 Å². The first-order chi connectivity index (χ1) is 13.8. The van der Waals surface area contributed by atoms with Gasteiger partial charge in [-0.15, -0.1) is 0 Å². The van der Waals surface area contributed by atoms with Gasteiger partial charge in [-0.05, 0) is 30.9 Å². The van der Waals surface area contributed by atoms with Gasteiger partial charge in [-0.3, -0.25) is 4.79 Å². The van der Waals surface area contributed by atoms with Gasteiger partial charge < -0.3 is 25.2 Å². The van der Waals surface area contributed by atoms with Crippen LogP contribution in [0.2, 0.25) is 0 Å². The molecule has 3 atom stereocenters. The highest BCUT2D eigenvalue weighted by Gasteiger charge is 2.34. The van der Waals surface area contributed by atoms with Gasteiger partial charge in [0.2, 0.25) is 5.91 Å². The fraction of sp³-hybridized carbons (Fsp3) is 0.682. The minimum Gasteiger partial charge on any atom is -0.379 e. The molecule has 1 amide bonds. The molecule has 2 heterocycles. The summed E-state index contributed by atoms with van der Waals surface area (Å²) >= 11 is 0. The molecule has 1 saturated carbocycles. The molecular weight excluding hydrogens is 352 g/mol. The van der Waals surface area contributed by atoms with Gasteiger partial charge in [0.05, 0.1) is 13.2 Å². The molecule has 0 bridgehead atoms. The maximum atomic E-state index is 12.6. The van der Waals surface area contributed by atoms with Crippen molar-refractivity contribution in [2.75, 3.05) is 57.4 Å². The van der Waals surface area contributed by atoms with Gasteiger partial charge in [0.1, 0.15) is 0 Å². The third-order valence-electron chi connectivity index (χ3n) is 6.54. The second-order valence-electron chi connectivity index (χ2n) is 8.24. The van der Waals surface area contributed by atoms with Crippen molar-refractivity contribution in [1.29, 1.82) is 0 Å². The number of anilines is 1. The predicted octanol–water partition coefficient (Wildman–Crippen LogP) is 1.47. The van der Waals surface area contributed by atoms with Crippen LogP contribution in [0.4, 0.5) is 5.69 Å². The van der Waals surface area contributed by atoms with Crippen molar-refractivity contribution in [1.82, 2.24) is 15.5 Å². The summed E-state index contributed by atoms with van der Waals surface area (Å²) < 4.78 is 5.65. The third kappa shape index (κ3) is 4.85. The minimum atomic E-state index is 0.286. The molecule has 2 saturated heterocycles. The van der Waals surface area contributed by atoms with Crippen LogP contribution >= 0.6 is 0 Å². The maximum Gasteiger partial charge on any atom is 0.223 e. The van der Waals surface area contributed by atoms with Crippen molar-refractivity contribution in [3.05, 3.63) is 30.3 Å². The average Bonchev–Trinajstić information content (AvgIpc) is 3.23. The van der Waals surface area contributed by atoms with E-state index in [0.717, 1.165) is 52.5 Å². The van der Waals surface area contributed by atoms with Crippen molar-refractivity contribution in [3.8, 4) is 0 Å². The lowest BCUT2D eigenvalue weighted by molar-refractivity contribution is -0.131. The van der Waals surface area contributed by atoms with E-state index in [1.807, 2.05) is 11.0 Å². The highest BCUT2D eigenvalue weighted by atomic mass is 16.5. The summed E-state index contributed by atoms with van der Waals surface area (Å²) in [6.45, 7) is 6.88. The number of amides is 1. The van der Waals surface area contributed by atoms with Crippen LogP contribution in [0.1, 0.15) is 25.7 Å². The van der Waals surface area contributed by atoms with E-state index in [-0.39, 0.29) is 5.91 Å². The fourth-order valence-electron chi connectivity index (χ4n) is 4.96. The summed E-state index contributed by atoms with van der Waals surface area (Å²) in [5.74, 6) is 0.915. The molecule has 3 unspecified atom stereocenters. The summed E-state index contributed by atoms with van der Waals surface area (Å²) in [6.07, 6.45) is 4.35. The van der Waals surface area contributed by atoms with E-state index in [1.165, 1.54) is 24.9 Å². The van der Waals surface area contributed by atoms with Crippen LogP contribution in [-0.2, 0) is 9.53 Å². The Morgan fingerprint density at radius 2 is 1.96 bits per heavy atom. The first-order valence-corrected chi connectivity index (χ1v) is 10.9. The fourth-order valence-corrected chi connectivity index (χ4v) is 4.96. The molecule has 0 spiro atoms. The largest absolute Gasteiger partial charge is 0.379 e. The zero-order valence-electron chi connectivity index (χ0n) is 16.8. The van der Waals surface area contributed by atoms with E-state index < -0.39 is 0 Å². The Hall–Kier alpha value is -1.63. The van der Waals surface area contributed by atoms with E-state index >= 15 is 0 Å². The van der Waals surface area contributed by atoms with Gasteiger partial charge in [-0.2, -0.15) is 0 Å². The number of carbonyl (C=O) groups is 1. The lowest BCUT2D eigenvalue weighted by atomic mass is 9.94. The topological polar surface area (TPSA) is 56.8 Å². The maximum absolute atomic E-state index is 12.6. The van der Waals surface area contributed by atoms with Gasteiger partial charge >= 0.3 is 0 Å². The number of carbonyl (C=O) groups excluding carboxylic acids is 1. The van der Waals surface area contributed by atoms with Crippen molar-refractivity contribution in [2.24, 2.45) is 5.92 Å². The lowest BCUT2D eigenvalue weighted by Gasteiger charge is -2.36. The van der Waals surface area contributed by atoms with Crippen molar-refractivity contribution < 1.29 is 9.53 Å². The summed E-state index contributed by atoms with van der Waals surface area (Å²) in [5, 5.41) is 7.29. The van der Waals surface area contributed by atoms with Crippen LogP contribution < -0.4 is 15.5 Å². The zero-order chi connectivity index (χ0) is 19.2. The lowest BCUT2D eigenvalue weighted by Crippen LogP contribution is -2.51. The molecule has 3 fully saturated rings. The van der Waals surface area contributed by atoms with E-state index in [2.05, 4.69) is 39.8 Å². The number of para-hydroxylation sites is 1. The molecule has 1 aromatic rings. The van der Waals surface area contributed by atoms with Crippen LogP contribution in [0.5, 0.6) is 0 Å². The first kappa shape index (κ1) is 19.7. The molecule has 1 aromatic carbocycles. The number of ether oxygens (including phenoxy) is 1. The molecule has 0 aromatic heterocycles. The second kappa shape index (κ2) is 9.72. The summed E-state index contributed by atoms with van der Waals surface area (Å²) in [7, 11) is 0. The molecule has 28 heavy (non-hydrogen) atoms. The molecule has 4 rings (SSSR count). The monoisotopic (exact) mass is 386 g/mol. The van der Waals surface area contributed by atoms with Gasteiger partial charge in [0, 0.05) is 63.5 Å². The van der Waals surface area contributed by atoms with Crippen LogP contribution in [0.15, 0.2) is 30.3 Å². The van der Waals surface area contributed by atoms with E-state index in [0.29, 0.717) is 24.4 Å². The third-order valence-corrected chi connectivity index (χ3v) is 6.54. The molecule has 1 aliphatic carbocycles. The predicted molar refractivity (Wildman–Crippen MR) is 112 cm³/mol. The van der Waals surface area contributed by atoms with E-state index in [1.54, 1.807) is 0 Å². The number of hydrogen-bond donors (Lipinski definition) is 2. The number of morpholine rings is 1. The molecule has 3 aliphatic rings. The number of rotatable bonds is 6.